The normalized spacial score (nSPS) is 10.9. The van der Waals surface area contributed by atoms with Crippen LogP contribution in [0.4, 0.5) is 4.39 Å². The molecule has 1 aromatic heterocycles. The maximum absolute atomic E-state index is 13.1. The summed E-state index contributed by atoms with van der Waals surface area (Å²) in [6, 6.07) is 12.2. The Morgan fingerprint density at radius 2 is 2.05 bits per heavy atom. The van der Waals surface area contributed by atoms with E-state index < -0.39 is 0 Å². The van der Waals surface area contributed by atoms with Crippen LogP contribution in [-0.4, -0.2) is 4.98 Å². The molecular weight excluding hydrogens is 255 g/mol. The summed E-state index contributed by atoms with van der Waals surface area (Å²) in [5.74, 6) is 0.223. The van der Waals surface area contributed by atoms with Crippen LogP contribution in [0.3, 0.4) is 0 Å². The topological polar surface area (TPSA) is 51.0 Å². The van der Waals surface area contributed by atoms with Gasteiger partial charge in [0.1, 0.15) is 18.2 Å². The lowest BCUT2D eigenvalue weighted by molar-refractivity contribution is 0.306. The Labute approximate surface area is 116 Å². The number of hydrogen-bond donors (Lipinski definition) is 2. The molecule has 0 atom stereocenters. The highest BCUT2D eigenvalue weighted by molar-refractivity contribution is 5.83. The molecule has 0 aliphatic carbocycles. The summed E-state index contributed by atoms with van der Waals surface area (Å²) < 4.78 is 18.7. The first-order valence-electron chi connectivity index (χ1n) is 6.43. The lowest BCUT2D eigenvalue weighted by Crippen LogP contribution is -1.97. The summed E-state index contributed by atoms with van der Waals surface area (Å²) >= 11 is 0. The first-order chi connectivity index (χ1) is 9.76. The predicted molar refractivity (Wildman–Crippen MR) is 76.9 cm³/mol. The Bertz CT molecular complexity index is 736. The van der Waals surface area contributed by atoms with E-state index in [0.717, 1.165) is 22.0 Å². The number of nitrogens with two attached hydrogens (primary N) is 1. The fourth-order valence-corrected chi connectivity index (χ4v) is 2.19. The molecule has 0 radical (unpaired) electrons. The quantitative estimate of drug-likeness (QED) is 0.764. The summed E-state index contributed by atoms with van der Waals surface area (Å²) in [5.41, 5.74) is 8.80. The molecule has 0 bridgehead atoms. The minimum atomic E-state index is -0.299. The zero-order valence-electron chi connectivity index (χ0n) is 10.9. The molecular formula is C16H15FN2O. The van der Waals surface area contributed by atoms with Crippen LogP contribution < -0.4 is 10.5 Å². The van der Waals surface area contributed by atoms with Crippen molar-refractivity contribution in [3.8, 4) is 5.75 Å². The number of ether oxygens (including phenoxy) is 1. The van der Waals surface area contributed by atoms with Crippen LogP contribution >= 0.6 is 0 Å². The maximum atomic E-state index is 13.1. The fraction of sp³-hybridized carbons (Fsp3) is 0.125. The average Bonchev–Trinajstić information content (AvgIpc) is 2.87. The van der Waals surface area contributed by atoms with E-state index in [0.29, 0.717) is 18.9 Å². The number of fused-ring (bicyclic) bond motifs is 1. The molecule has 0 unspecified atom stereocenters. The van der Waals surface area contributed by atoms with Crippen LogP contribution in [0.1, 0.15) is 11.1 Å². The van der Waals surface area contributed by atoms with Gasteiger partial charge in [0.05, 0.1) is 0 Å². The second-order valence-electron chi connectivity index (χ2n) is 4.64. The number of aromatic amines is 1. The third kappa shape index (κ3) is 2.51. The van der Waals surface area contributed by atoms with Crippen molar-refractivity contribution in [2.45, 2.75) is 13.2 Å². The molecule has 102 valence electrons. The SMILES string of the molecule is NCc1ccc2[nH]cc(COc3cccc(F)c3)c2c1. The highest BCUT2D eigenvalue weighted by Crippen LogP contribution is 2.22. The van der Waals surface area contributed by atoms with Gasteiger partial charge in [-0.15, -0.1) is 0 Å². The Morgan fingerprint density at radius 1 is 1.15 bits per heavy atom. The first kappa shape index (κ1) is 12.7. The number of nitrogens with one attached hydrogen (secondary N) is 1. The van der Waals surface area contributed by atoms with Crippen LogP contribution in [0.15, 0.2) is 48.7 Å². The van der Waals surface area contributed by atoms with Crippen molar-refractivity contribution in [2.75, 3.05) is 0 Å². The van der Waals surface area contributed by atoms with Gasteiger partial charge in [-0.05, 0) is 29.8 Å². The molecule has 1 heterocycles. The molecule has 20 heavy (non-hydrogen) atoms. The van der Waals surface area contributed by atoms with Gasteiger partial charge in [-0.1, -0.05) is 12.1 Å². The van der Waals surface area contributed by atoms with E-state index in [2.05, 4.69) is 11.1 Å². The molecule has 0 saturated carbocycles. The molecule has 0 aliphatic rings. The van der Waals surface area contributed by atoms with Crippen LogP contribution in [-0.2, 0) is 13.2 Å². The molecule has 0 fully saturated rings. The Hall–Kier alpha value is -2.33. The molecule has 3 nitrogen and oxygen atoms in total. The van der Waals surface area contributed by atoms with E-state index in [1.807, 2.05) is 18.3 Å². The number of benzene rings is 2. The number of rotatable bonds is 4. The Balaban J connectivity index is 1.83. The van der Waals surface area contributed by atoms with Gasteiger partial charge in [0.2, 0.25) is 0 Å². The van der Waals surface area contributed by atoms with Crippen molar-refractivity contribution in [3.05, 3.63) is 65.6 Å². The van der Waals surface area contributed by atoms with Crippen LogP contribution in [0.25, 0.3) is 10.9 Å². The van der Waals surface area contributed by atoms with Gasteiger partial charge in [0, 0.05) is 35.3 Å². The minimum Gasteiger partial charge on any atom is -0.489 e. The molecule has 0 saturated heterocycles. The number of hydrogen-bond acceptors (Lipinski definition) is 2. The molecule has 3 rings (SSSR count). The van der Waals surface area contributed by atoms with E-state index in [1.54, 1.807) is 12.1 Å². The summed E-state index contributed by atoms with van der Waals surface area (Å²) in [5, 5.41) is 1.09. The third-order valence-corrected chi connectivity index (χ3v) is 3.26. The van der Waals surface area contributed by atoms with Gasteiger partial charge in [-0.25, -0.2) is 4.39 Å². The predicted octanol–water partition coefficient (Wildman–Crippen LogP) is 3.34. The van der Waals surface area contributed by atoms with E-state index in [-0.39, 0.29) is 5.82 Å². The van der Waals surface area contributed by atoms with Crippen LogP contribution in [0.5, 0.6) is 5.75 Å². The second kappa shape index (κ2) is 5.35. The summed E-state index contributed by atoms with van der Waals surface area (Å²) in [6.07, 6.45) is 1.91. The highest BCUT2D eigenvalue weighted by Gasteiger charge is 2.05. The van der Waals surface area contributed by atoms with E-state index in [1.165, 1.54) is 12.1 Å². The van der Waals surface area contributed by atoms with Crippen LogP contribution in [0.2, 0.25) is 0 Å². The van der Waals surface area contributed by atoms with Crippen molar-refractivity contribution in [3.63, 3.8) is 0 Å². The number of H-pyrrole nitrogens is 1. The molecule has 0 amide bonds. The van der Waals surface area contributed by atoms with Gasteiger partial charge < -0.3 is 15.5 Å². The molecule has 0 aliphatic heterocycles. The van der Waals surface area contributed by atoms with Gasteiger partial charge in [-0.2, -0.15) is 0 Å². The lowest BCUT2D eigenvalue weighted by atomic mass is 10.1. The molecule has 3 N–H and O–H groups in total. The molecule has 2 aromatic carbocycles. The molecule has 3 aromatic rings. The van der Waals surface area contributed by atoms with E-state index in [4.69, 9.17) is 10.5 Å². The largest absolute Gasteiger partial charge is 0.489 e. The fourth-order valence-electron chi connectivity index (χ4n) is 2.19. The average molecular weight is 270 g/mol. The van der Waals surface area contributed by atoms with E-state index in [9.17, 15) is 4.39 Å². The van der Waals surface area contributed by atoms with Gasteiger partial charge in [-0.3, -0.25) is 0 Å². The maximum Gasteiger partial charge on any atom is 0.126 e. The highest BCUT2D eigenvalue weighted by atomic mass is 19.1. The number of halogens is 1. The minimum absolute atomic E-state index is 0.299. The van der Waals surface area contributed by atoms with Crippen molar-refractivity contribution in [1.82, 2.24) is 4.98 Å². The van der Waals surface area contributed by atoms with Gasteiger partial charge >= 0.3 is 0 Å². The van der Waals surface area contributed by atoms with Gasteiger partial charge in [0.25, 0.3) is 0 Å². The molecule has 4 heteroatoms. The Kier molecular flexibility index (Phi) is 3.39. The zero-order valence-corrected chi connectivity index (χ0v) is 10.9. The first-order valence-corrected chi connectivity index (χ1v) is 6.43. The zero-order chi connectivity index (χ0) is 13.9. The van der Waals surface area contributed by atoms with Crippen molar-refractivity contribution in [2.24, 2.45) is 5.73 Å². The number of aromatic nitrogens is 1. The Morgan fingerprint density at radius 3 is 2.85 bits per heavy atom. The van der Waals surface area contributed by atoms with Gasteiger partial charge in [0.15, 0.2) is 0 Å². The molecule has 0 spiro atoms. The van der Waals surface area contributed by atoms with Crippen LogP contribution in [0, 0.1) is 5.82 Å². The standard InChI is InChI=1S/C16H15FN2O/c17-13-2-1-3-14(7-13)20-10-12-9-19-16-5-4-11(8-18)6-15(12)16/h1-7,9,19H,8,10,18H2. The second-order valence-corrected chi connectivity index (χ2v) is 4.64. The summed E-state index contributed by atoms with van der Waals surface area (Å²) in [4.78, 5) is 3.19. The monoisotopic (exact) mass is 270 g/mol. The van der Waals surface area contributed by atoms with Crippen molar-refractivity contribution in [1.29, 1.82) is 0 Å². The smallest absolute Gasteiger partial charge is 0.126 e. The summed E-state index contributed by atoms with van der Waals surface area (Å²) in [6.45, 7) is 0.892. The third-order valence-electron chi connectivity index (χ3n) is 3.26. The van der Waals surface area contributed by atoms with E-state index >= 15 is 0 Å². The van der Waals surface area contributed by atoms with Crippen molar-refractivity contribution >= 4 is 10.9 Å². The summed E-state index contributed by atoms with van der Waals surface area (Å²) in [7, 11) is 0. The van der Waals surface area contributed by atoms with Crippen molar-refractivity contribution < 1.29 is 9.13 Å². The lowest BCUT2D eigenvalue weighted by Gasteiger charge is -2.05.